The highest BCUT2D eigenvalue weighted by Crippen LogP contribution is 2.12. The second-order valence-electron chi connectivity index (χ2n) is 4.07. The standard InChI is InChI=1S/C11H19N5O/c1-5-9-13-8(12)6-10(14-9)16(4)7-11(17)15(2)3/h6H,5,7H2,1-4H3,(H2,12,13,14). The van der Waals surface area contributed by atoms with Gasteiger partial charge in [0, 0.05) is 33.6 Å². The summed E-state index contributed by atoms with van der Waals surface area (Å²) in [4.78, 5) is 23.3. The SMILES string of the molecule is CCc1nc(N)cc(N(C)CC(=O)N(C)C)n1. The van der Waals surface area contributed by atoms with Crippen molar-refractivity contribution in [2.45, 2.75) is 13.3 Å². The Morgan fingerprint density at radius 2 is 2.00 bits per heavy atom. The lowest BCUT2D eigenvalue weighted by Crippen LogP contribution is -2.34. The molecule has 1 amide bonds. The molecule has 94 valence electrons. The smallest absolute Gasteiger partial charge is 0.241 e. The third kappa shape index (κ3) is 3.58. The number of carbonyl (C=O) groups excluding carboxylic acids is 1. The van der Waals surface area contributed by atoms with Crippen LogP contribution in [-0.4, -0.2) is 48.5 Å². The van der Waals surface area contributed by atoms with E-state index in [1.807, 2.05) is 14.0 Å². The van der Waals surface area contributed by atoms with E-state index in [9.17, 15) is 4.79 Å². The van der Waals surface area contributed by atoms with E-state index in [4.69, 9.17) is 5.73 Å². The maximum absolute atomic E-state index is 11.6. The van der Waals surface area contributed by atoms with Crippen molar-refractivity contribution in [2.24, 2.45) is 0 Å². The summed E-state index contributed by atoms with van der Waals surface area (Å²) >= 11 is 0. The average Bonchev–Trinajstić information content (AvgIpc) is 2.27. The number of nitrogens with two attached hydrogens (primary N) is 1. The molecule has 1 heterocycles. The highest BCUT2D eigenvalue weighted by atomic mass is 16.2. The number of hydrogen-bond donors (Lipinski definition) is 1. The molecule has 1 rings (SSSR count). The number of aromatic nitrogens is 2. The molecule has 0 aliphatic rings. The zero-order valence-electron chi connectivity index (χ0n) is 10.8. The predicted molar refractivity (Wildman–Crippen MR) is 67.8 cm³/mol. The summed E-state index contributed by atoms with van der Waals surface area (Å²) in [6, 6.07) is 1.67. The Labute approximate surface area is 101 Å². The summed E-state index contributed by atoms with van der Waals surface area (Å²) in [5, 5.41) is 0. The van der Waals surface area contributed by atoms with Crippen molar-refractivity contribution in [3.63, 3.8) is 0 Å². The molecule has 2 N–H and O–H groups in total. The minimum Gasteiger partial charge on any atom is -0.384 e. The molecule has 0 aliphatic carbocycles. The number of hydrogen-bond acceptors (Lipinski definition) is 5. The van der Waals surface area contributed by atoms with Gasteiger partial charge in [0.25, 0.3) is 0 Å². The number of carbonyl (C=O) groups is 1. The van der Waals surface area contributed by atoms with Crippen LogP contribution in [0.1, 0.15) is 12.7 Å². The van der Waals surface area contributed by atoms with Crippen LogP contribution in [-0.2, 0) is 11.2 Å². The molecule has 17 heavy (non-hydrogen) atoms. The summed E-state index contributed by atoms with van der Waals surface area (Å²) < 4.78 is 0. The maximum Gasteiger partial charge on any atom is 0.241 e. The number of rotatable bonds is 4. The van der Waals surface area contributed by atoms with Crippen molar-refractivity contribution in [1.82, 2.24) is 14.9 Å². The van der Waals surface area contributed by atoms with Gasteiger partial charge in [0.2, 0.25) is 5.91 Å². The van der Waals surface area contributed by atoms with Gasteiger partial charge in [-0.3, -0.25) is 4.79 Å². The molecule has 0 unspecified atom stereocenters. The number of nitrogen functional groups attached to an aromatic ring is 1. The maximum atomic E-state index is 11.6. The molecule has 0 atom stereocenters. The predicted octanol–water partition coefficient (Wildman–Crippen LogP) is 0.146. The molecule has 1 aromatic rings. The quantitative estimate of drug-likeness (QED) is 0.806. The van der Waals surface area contributed by atoms with Crippen molar-refractivity contribution in [3.05, 3.63) is 11.9 Å². The summed E-state index contributed by atoms with van der Waals surface area (Å²) in [6.07, 6.45) is 0.716. The summed E-state index contributed by atoms with van der Waals surface area (Å²) in [5.41, 5.74) is 5.69. The third-order valence-corrected chi connectivity index (χ3v) is 2.36. The molecule has 0 radical (unpaired) electrons. The second-order valence-corrected chi connectivity index (χ2v) is 4.07. The molecule has 0 spiro atoms. The Morgan fingerprint density at radius 3 is 2.53 bits per heavy atom. The van der Waals surface area contributed by atoms with Crippen molar-refractivity contribution in [2.75, 3.05) is 38.3 Å². The number of amides is 1. The number of anilines is 2. The lowest BCUT2D eigenvalue weighted by Gasteiger charge is -2.20. The third-order valence-electron chi connectivity index (χ3n) is 2.36. The van der Waals surface area contributed by atoms with Crippen LogP contribution in [0.15, 0.2) is 6.07 Å². The van der Waals surface area contributed by atoms with E-state index < -0.39 is 0 Å². The van der Waals surface area contributed by atoms with Crippen molar-refractivity contribution < 1.29 is 4.79 Å². The Morgan fingerprint density at radius 1 is 1.35 bits per heavy atom. The fourth-order valence-electron chi connectivity index (χ4n) is 1.28. The largest absolute Gasteiger partial charge is 0.384 e. The van der Waals surface area contributed by atoms with E-state index in [0.29, 0.717) is 23.9 Å². The molecular weight excluding hydrogens is 218 g/mol. The Hall–Kier alpha value is -1.85. The highest BCUT2D eigenvalue weighted by molar-refractivity contribution is 5.80. The molecule has 1 aromatic heterocycles. The van der Waals surface area contributed by atoms with Crippen molar-refractivity contribution >= 4 is 17.5 Å². The van der Waals surface area contributed by atoms with Crippen LogP contribution in [0.25, 0.3) is 0 Å². The normalized spacial score (nSPS) is 10.1. The summed E-state index contributed by atoms with van der Waals surface area (Å²) in [5.74, 6) is 1.80. The average molecular weight is 237 g/mol. The van der Waals surface area contributed by atoms with Gasteiger partial charge < -0.3 is 15.5 Å². The Bertz CT molecular complexity index is 405. The van der Waals surface area contributed by atoms with Gasteiger partial charge in [-0.25, -0.2) is 9.97 Å². The molecule has 6 heteroatoms. The van der Waals surface area contributed by atoms with Crippen LogP contribution in [0, 0.1) is 0 Å². The van der Waals surface area contributed by atoms with E-state index in [0.717, 1.165) is 0 Å². The first kappa shape index (κ1) is 13.2. The van der Waals surface area contributed by atoms with Crippen LogP contribution in [0.3, 0.4) is 0 Å². The fourth-order valence-corrected chi connectivity index (χ4v) is 1.28. The minimum atomic E-state index is 0.0164. The summed E-state index contributed by atoms with van der Waals surface area (Å²) in [6.45, 7) is 2.23. The topological polar surface area (TPSA) is 75.3 Å². The molecule has 6 nitrogen and oxygen atoms in total. The lowest BCUT2D eigenvalue weighted by atomic mass is 10.4. The van der Waals surface area contributed by atoms with Crippen LogP contribution >= 0.6 is 0 Å². The van der Waals surface area contributed by atoms with Crippen LogP contribution < -0.4 is 10.6 Å². The van der Waals surface area contributed by atoms with Gasteiger partial charge in [0.05, 0.1) is 6.54 Å². The molecular formula is C11H19N5O. The van der Waals surface area contributed by atoms with Gasteiger partial charge in [-0.05, 0) is 0 Å². The second kappa shape index (κ2) is 5.47. The Kier molecular flexibility index (Phi) is 4.25. The number of likely N-dealkylation sites (N-methyl/N-ethyl adjacent to an activating group) is 2. The van der Waals surface area contributed by atoms with Crippen LogP contribution in [0.4, 0.5) is 11.6 Å². The Balaban J connectivity index is 2.84. The van der Waals surface area contributed by atoms with Crippen LogP contribution in [0.5, 0.6) is 0 Å². The van der Waals surface area contributed by atoms with E-state index in [1.165, 1.54) is 0 Å². The summed E-state index contributed by atoms with van der Waals surface area (Å²) in [7, 11) is 5.26. The van der Waals surface area contributed by atoms with E-state index in [-0.39, 0.29) is 12.5 Å². The first-order chi connectivity index (χ1) is 7.93. The van der Waals surface area contributed by atoms with Gasteiger partial charge in [-0.1, -0.05) is 6.92 Å². The number of aryl methyl sites for hydroxylation is 1. The van der Waals surface area contributed by atoms with E-state index >= 15 is 0 Å². The lowest BCUT2D eigenvalue weighted by molar-refractivity contribution is -0.127. The number of nitrogens with zero attached hydrogens (tertiary/aromatic N) is 4. The molecule has 0 fully saturated rings. The first-order valence-electron chi connectivity index (χ1n) is 5.48. The molecule has 0 saturated carbocycles. The molecule has 0 bridgehead atoms. The van der Waals surface area contributed by atoms with Gasteiger partial charge in [-0.2, -0.15) is 0 Å². The van der Waals surface area contributed by atoms with E-state index in [1.54, 1.807) is 30.0 Å². The van der Waals surface area contributed by atoms with Gasteiger partial charge in [0.15, 0.2) is 0 Å². The van der Waals surface area contributed by atoms with E-state index in [2.05, 4.69) is 9.97 Å². The van der Waals surface area contributed by atoms with Crippen LogP contribution in [0.2, 0.25) is 0 Å². The van der Waals surface area contributed by atoms with Gasteiger partial charge in [-0.15, -0.1) is 0 Å². The highest BCUT2D eigenvalue weighted by Gasteiger charge is 2.11. The van der Waals surface area contributed by atoms with Crippen molar-refractivity contribution in [3.8, 4) is 0 Å². The first-order valence-corrected chi connectivity index (χ1v) is 5.48. The zero-order valence-corrected chi connectivity index (χ0v) is 10.8. The monoisotopic (exact) mass is 237 g/mol. The molecule has 0 saturated heterocycles. The van der Waals surface area contributed by atoms with Gasteiger partial charge in [0.1, 0.15) is 17.5 Å². The zero-order chi connectivity index (χ0) is 13.0. The van der Waals surface area contributed by atoms with Crippen molar-refractivity contribution in [1.29, 1.82) is 0 Å². The van der Waals surface area contributed by atoms with Gasteiger partial charge >= 0.3 is 0 Å². The fraction of sp³-hybridized carbons (Fsp3) is 0.545. The molecule has 0 aromatic carbocycles. The minimum absolute atomic E-state index is 0.0164. The molecule has 0 aliphatic heterocycles.